The Labute approximate surface area is 194 Å². The molecule has 5 rings (SSSR count). The van der Waals surface area contributed by atoms with Gasteiger partial charge in [-0.15, -0.1) is 10.2 Å². The second kappa shape index (κ2) is 8.98. The van der Waals surface area contributed by atoms with E-state index in [1.807, 2.05) is 48.5 Å². The van der Waals surface area contributed by atoms with E-state index < -0.39 is 0 Å². The van der Waals surface area contributed by atoms with Crippen molar-refractivity contribution in [2.75, 3.05) is 0 Å². The summed E-state index contributed by atoms with van der Waals surface area (Å²) in [6, 6.07) is 19.5. The molecule has 32 heavy (non-hydrogen) atoms. The number of benzene rings is 2. The van der Waals surface area contributed by atoms with Crippen molar-refractivity contribution in [3.05, 3.63) is 95.7 Å². The molecule has 3 aromatic heterocycles. The summed E-state index contributed by atoms with van der Waals surface area (Å²) >= 11 is 7.62. The number of halogens is 1. The Morgan fingerprint density at radius 2 is 1.81 bits per heavy atom. The third-order valence-corrected chi connectivity index (χ3v) is 6.06. The van der Waals surface area contributed by atoms with Crippen molar-refractivity contribution < 1.29 is 4.42 Å². The van der Waals surface area contributed by atoms with Gasteiger partial charge in [-0.05, 0) is 42.8 Å². The summed E-state index contributed by atoms with van der Waals surface area (Å²) in [5.41, 5.74) is 3.99. The zero-order valence-electron chi connectivity index (χ0n) is 17.1. The van der Waals surface area contributed by atoms with Crippen molar-refractivity contribution >= 4 is 23.4 Å². The summed E-state index contributed by atoms with van der Waals surface area (Å²) < 4.78 is 8.02. The first-order valence-corrected chi connectivity index (χ1v) is 11.3. The standard InChI is InChI=1S/C24H18ClN5OS/c1-16-5-2-3-8-20(16)30-23(17-9-11-26-12-10-17)28-29-24(30)32-15-22-27-14-21(31-22)18-6-4-7-19(25)13-18/h2-14H,15H2,1H3. The summed E-state index contributed by atoms with van der Waals surface area (Å²) in [6.45, 7) is 2.07. The second-order valence-corrected chi connectivity index (χ2v) is 8.46. The average Bonchev–Trinajstić information content (AvgIpc) is 3.46. The van der Waals surface area contributed by atoms with Gasteiger partial charge in [0.2, 0.25) is 5.89 Å². The molecule has 0 saturated carbocycles. The van der Waals surface area contributed by atoms with Crippen LogP contribution in [0.15, 0.2) is 88.8 Å². The lowest BCUT2D eigenvalue weighted by Gasteiger charge is -2.12. The number of hydrogen-bond acceptors (Lipinski definition) is 6. The number of hydrogen-bond donors (Lipinski definition) is 0. The van der Waals surface area contributed by atoms with E-state index in [1.54, 1.807) is 18.6 Å². The zero-order valence-corrected chi connectivity index (χ0v) is 18.7. The third-order valence-electron chi connectivity index (χ3n) is 4.92. The summed E-state index contributed by atoms with van der Waals surface area (Å²) in [7, 11) is 0. The van der Waals surface area contributed by atoms with Gasteiger partial charge in [-0.1, -0.05) is 53.7 Å². The Hall–Kier alpha value is -3.42. The molecule has 158 valence electrons. The van der Waals surface area contributed by atoms with E-state index in [0.29, 0.717) is 22.4 Å². The molecule has 0 spiro atoms. The molecule has 0 radical (unpaired) electrons. The molecule has 0 amide bonds. The highest BCUT2D eigenvalue weighted by Gasteiger charge is 2.18. The van der Waals surface area contributed by atoms with E-state index in [9.17, 15) is 0 Å². The lowest BCUT2D eigenvalue weighted by atomic mass is 10.2. The van der Waals surface area contributed by atoms with Crippen molar-refractivity contribution in [2.45, 2.75) is 17.8 Å². The smallest absolute Gasteiger partial charge is 0.205 e. The number of rotatable bonds is 6. The molecule has 0 aliphatic carbocycles. The first kappa shape index (κ1) is 20.5. The van der Waals surface area contributed by atoms with Crippen LogP contribution in [-0.2, 0) is 5.75 Å². The number of para-hydroxylation sites is 1. The van der Waals surface area contributed by atoms with Gasteiger partial charge in [0.25, 0.3) is 0 Å². The second-order valence-electron chi connectivity index (χ2n) is 7.08. The van der Waals surface area contributed by atoms with E-state index in [1.165, 1.54) is 11.8 Å². The minimum atomic E-state index is 0.515. The first-order chi connectivity index (χ1) is 15.7. The molecule has 0 fully saturated rings. The fraction of sp³-hybridized carbons (Fsp3) is 0.0833. The van der Waals surface area contributed by atoms with Gasteiger partial charge in [-0.25, -0.2) is 4.98 Å². The maximum atomic E-state index is 6.10. The highest BCUT2D eigenvalue weighted by atomic mass is 35.5. The number of oxazole rings is 1. The van der Waals surface area contributed by atoms with E-state index in [0.717, 1.165) is 33.4 Å². The van der Waals surface area contributed by atoms with Crippen LogP contribution in [0.5, 0.6) is 0 Å². The van der Waals surface area contributed by atoms with E-state index in [4.69, 9.17) is 16.0 Å². The first-order valence-electron chi connectivity index (χ1n) is 9.94. The van der Waals surface area contributed by atoms with Crippen LogP contribution in [0.2, 0.25) is 5.02 Å². The highest BCUT2D eigenvalue weighted by Crippen LogP contribution is 2.31. The van der Waals surface area contributed by atoms with Crippen LogP contribution in [0.1, 0.15) is 11.5 Å². The molecule has 0 aliphatic heterocycles. The predicted octanol–water partition coefficient (Wildman–Crippen LogP) is 6.24. The Morgan fingerprint density at radius 1 is 0.969 bits per heavy atom. The Morgan fingerprint density at radius 3 is 2.62 bits per heavy atom. The molecule has 0 saturated heterocycles. The average molecular weight is 460 g/mol. The summed E-state index contributed by atoms with van der Waals surface area (Å²) in [4.78, 5) is 8.54. The molecule has 0 N–H and O–H groups in total. The van der Waals surface area contributed by atoms with Gasteiger partial charge in [0.15, 0.2) is 16.7 Å². The van der Waals surface area contributed by atoms with Crippen LogP contribution >= 0.6 is 23.4 Å². The van der Waals surface area contributed by atoms with Crippen molar-refractivity contribution in [1.29, 1.82) is 0 Å². The third kappa shape index (κ3) is 4.17. The summed E-state index contributed by atoms with van der Waals surface area (Å²) in [5, 5.41) is 10.4. The van der Waals surface area contributed by atoms with E-state index in [-0.39, 0.29) is 0 Å². The monoisotopic (exact) mass is 459 g/mol. The van der Waals surface area contributed by atoms with Crippen LogP contribution in [0.3, 0.4) is 0 Å². The van der Waals surface area contributed by atoms with Gasteiger partial charge in [0.05, 0.1) is 17.6 Å². The lowest BCUT2D eigenvalue weighted by Crippen LogP contribution is -2.02. The molecule has 0 aliphatic rings. The maximum absolute atomic E-state index is 6.10. The van der Waals surface area contributed by atoms with Gasteiger partial charge in [-0.2, -0.15) is 0 Å². The van der Waals surface area contributed by atoms with Crippen LogP contribution in [-0.4, -0.2) is 24.7 Å². The van der Waals surface area contributed by atoms with Gasteiger partial charge in [-0.3, -0.25) is 9.55 Å². The predicted molar refractivity (Wildman–Crippen MR) is 126 cm³/mol. The fourth-order valence-corrected chi connectivity index (χ4v) is 4.35. The molecule has 3 heterocycles. The quantitative estimate of drug-likeness (QED) is 0.280. The minimum Gasteiger partial charge on any atom is -0.440 e. The summed E-state index contributed by atoms with van der Waals surface area (Å²) in [5.74, 6) is 2.56. The van der Waals surface area contributed by atoms with Gasteiger partial charge < -0.3 is 4.42 Å². The maximum Gasteiger partial charge on any atom is 0.205 e. The molecule has 8 heteroatoms. The molecular formula is C24H18ClN5OS. The number of thioether (sulfide) groups is 1. The van der Waals surface area contributed by atoms with Crippen molar-refractivity contribution in [1.82, 2.24) is 24.7 Å². The minimum absolute atomic E-state index is 0.515. The van der Waals surface area contributed by atoms with Crippen LogP contribution in [0.25, 0.3) is 28.4 Å². The Bertz CT molecular complexity index is 1370. The molecule has 2 aromatic carbocycles. The SMILES string of the molecule is Cc1ccccc1-n1c(SCc2ncc(-c3cccc(Cl)c3)o2)nnc1-c1ccncc1. The van der Waals surface area contributed by atoms with E-state index in [2.05, 4.69) is 43.8 Å². The molecule has 5 aromatic rings. The van der Waals surface area contributed by atoms with Crippen LogP contribution in [0, 0.1) is 6.92 Å². The highest BCUT2D eigenvalue weighted by molar-refractivity contribution is 7.98. The molecule has 6 nitrogen and oxygen atoms in total. The van der Waals surface area contributed by atoms with Crippen molar-refractivity contribution in [3.8, 4) is 28.4 Å². The fourth-order valence-electron chi connectivity index (χ4n) is 3.36. The van der Waals surface area contributed by atoms with Crippen molar-refractivity contribution in [3.63, 3.8) is 0 Å². The molecule has 0 atom stereocenters. The molecular weight excluding hydrogens is 442 g/mol. The molecule has 0 unspecified atom stereocenters. The largest absolute Gasteiger partial charge is 0.440 e. The van der Waals surface area contributed by atoms with Gasteiger partial charge in [0.1, 0.15) is 0 Å². The Balaban J connectivity index is 1.46. The zero-order chi connectivity index (χ0) is 21.9. The normalized spacial score (nSPS) is 11.1. The number of pyridine rings is 1. The van der Waals surface area contributed by atoms with Crippen LogP contribution < -0.4 is 0 Å². The number of aryl methyl sites for hydroxylation is 1. The number of aromatic nitrogens is 5. The van der Waals surface area contributed by atoms with Gasteiger partial charge in [0, 0.05) is 28.5 Å². The Kier molecular flexibility index (Phi) is 5.75. The van der Waals surface area contributed by atoms with E-state index >= 15 is 0 Å². The number of nitrogens with zero attached hydrogens (tertiary/aromatic N) is 5. The topological polar surface area (TPSA) is 69.6 Å². The van der Waals surface area contributed by atoms with Gasteiger partial charge >= 0.3 is 0 Å². The van der Waals surface area contributed by atoms with Crippen LogP contribution in [0.4, 0.5) is 0 Å². The lowest BCUT2D eigenvalue weighted by molar-refractivity contribution is 0.529. The summed E-state index contributed by atoms with van der Waals surface area (Å²) in [6.07, 6.45) is 5.22. The molecule has 0 bridgehead atoms. The van der Waals surface area contributed by atoms with Crippen molar-refractivity contribution in [2.24, 2.45) is 0 Å².